The fourth-order valence-electron chi connectivity index (χ4n) is 5.27. The zero-order valence-corrected chi connectivity index (χ0v) is 19.5. The molecule has 0 amide bonds. The number of aliphatic hydroxyl groups is 1. The van der Waals surface area contributed by atoms with Crippen molar-refractivity contribution in [2.24, 2.45) is 11.8 Å². The molecule has 0 aromatic rings. The van der Waals surface area contributed by atoms with Crippen LogP contribution in [-0.4, -0.2) is 35.4 Å². The van der Waals surface area contributed by atoms with E-state index in [1.54, 1.807) is 12.2 Å². The summed E-state index contributed by atoms with van der Waals surface area (Å²) in [6.07, 6.45) is 20.6. The number of carbonyl (C=O) groups is 1. The van der Waals surface area contributed by atoms with Crippen LogP contribution in [0.25, 0.3) is 0 Å². The van der Waals surface area contributed by atoms with Crippen molar-refractivity contribution >= 4 is 5.97 Å². The van der Waals surface area contributed by atoms with E-state index in [1.807, 2.05) is 6.08 Å². The van der Waals surface area contributed by atoms with Gasteiger partial charge in [-0.2, -0.15) is 0 Å². The summed E-state index contributed by atoms with van der Waals surface area (Å²) in [6, 6.07) is 0.772. The zero-order chi connectivity index (χ0) is 21.8. The van der Waals surface area contributed by atoms with E-state index in [1.165, 1.54) is 32.1 Å². The van der Waals surface area contributed by atoms with Gasteiger partial charge in [0, 0.05) is 18.2 Å². The van der Waals surface area contributed by atoms with Crippen molar-refractivity contribution < 1.29 is 14.6 Å². The number of rotatable bonds is 12. The molecular weight excluding hydrogens is 374 g/mol. The van der Waals surface area contributed by atoms with Crippen molar-refractivity contribution in [1.29, 1.82) is 0 Å². The predicted octanol–water partition coefficient (Wildman–Crippen LogP) is 5.70. The van der Waals surface area contributed by atoms with Gasteiger partial charge in [0.15, 0.2) is 0 Å². The Balaban J connectivity index is 1.82. The molecule has 6 atom stereocenters. The summed E-state index contributed by atoms with van der Waals surface area (Å²) in [5, 5.41) is 13.7. The minimum absolute atomic E-state index is 0.0463. The van der Waals surface area contributed by atoms with Crippen molar-refractivity contribution in [3.05, 3.63) is 24.3 Å². The number of aliphatic hydroxyl groups excluding tert-OH is 1. The third-order valence-corrected chi connectivity index (χ3v) is 6.94. The van der Waals surface area contributed by atoms with Crippen LogP contribution in [-0.2, 0) is 9.53 Å². The fourth-order valence-corrected chi connectivity index (χ4v) is 5.27. The van der Waals surface area contributed by atoms with Gasteiger partial charge >= 0.3 is 5.97 Å². The standard InChI is InChI=1S/C26H45NO3/c1-4-6-7-8-9-18-26(29)30-25-19-23-21(14-10-11-16-22(28)13-5-2)15-12-17-24(23)27-20(25)3/h7-9,18,20-25,27-28H,4-6,10-17,19H2,1-3H3/b8-7+,18-9-/t20-,21+,22-,23+,24-,25-/m1/s1. The molecule has 1 saturated heterocycles. The molecule has 4 nitrogen and oxygen atoms in total. The van der Waals surface area contributed by atoms with Crippen LogP contribution in [0.2, 0.25) is 0 Å². The fraction of sp³-hybridized carbons (Fsp3) is 0.808. The van der Waals surface area contributed by atoms with Crippen LogP contribution >= 0.6 is 0 Å². The molecule has 2 aliphatic rings. The molecule has 1 aliphatic carbocycles. The number of hydrogen-bond acceptors (Lipinski definition) is 4. The highest BCUT2D eigenvalue weighted by atomic mass is 16.5. The lowest BCUT2D eigenvalue weighted by molar-refractivity contribution is -0.148. The van der Waals surface area contributed by atoms with Crippen LogP contribution in [0.3, 0.4) is 0 Å². The highest BCUT2D eigenvalue weighted by molar-refractivity contribution is 5.82. The first kappa shape index (κ1) is 25.1. The second-order valence-electron chi connectivity index (χ2n) is 9.43. The van der Waals surface area contributed by atoms with Crippen molar-refractivity contribution in [3.63, 3.8) is 0 Å². The summed E-state index contributed by atoms with van der Waals surface area (Å²) in [5.41, 5.74) is 0. The lowest BCUT2D eigenvalue weighted by Crippen LogP contribution is -2.57. The van der Waals surface area contributed by atoms with E-state index in [-0.39, 0.29) is 24.2 Å². The lowest BCUT2D eigenvalue weighted by Gasteiger charge is -2.47. The maximum Gasteiger partial charge on any atom is 0.331 e. The molecule has 0 spiro atoms. The van der Waals surface area contributed by atoms with E-state index in [0.717, 1.165) is 44.9 Å². The van der Waals surface area contributed by atoms with Crippen molar-refractivity contribution in [2.45, 2.75) is 122 Å². The number of ether oxygens (including phenoxy) is 1. The Labute approximate surface area is 184 Å². The topological polar surface area (TPSA) is 58.6 Å². The summed E-state index contributed by atoms with van der Waals surface area (Å²) in [5.74, 6) is 1.08. The van der Waals surface area contributed by atoms with E-state index < -0.39 is 0 Å². The van der Waals surface area contributed by atoms with Crippen LogP contribution in [0.5, 0.6) is 0 Å². The monoisotopic (exact) mass is 419 g/mol. The molecule has 1 heterocycles. The summed E-state index contributed by atoms with van der Waals surface area (Å²) >= 11 is 0. The second-order valence-corrected chi connectivity index (χ2v) is 9.43. The van der Waals surface area contributed by atoms with E-state index in [2.05, 4.69) is 32.2 Å². The molecular formula is C26H45NO3. The van der Waals surface area contributed by atoms with Gasteiger partial charge in [-0.05, 0) is 50.9 Å². The Morgan fingerprint density at radius 3 is 2.77 bits per heavy atom. The number of hydrogen-bond donors (Lipinski definition) is 2. The van der Waals surface area contributed by atoms with Gasteiger partial charge in [-0.15, -0.1) is 0 Å². The first-order valence-electron chi connectivity index (χ1n) is 12.5. The quantitative estimate of drug-likeness (QED) is 0.184. The van der Waals surface area contributed by atoms with Crippen LogP contribution in [0.15, 0.2) is 24.3 Å². The van der Waals surface area contributed by atoms with Gasteiger partial charge in [0.25, 0.3) is 0 Å². The van der Waals surface area contributed by atoms with Gasteiger partial charge in [0.05, 0.1) is 6.10 Å². The molecule has 0 bridgehead atoms. The van der Waals surface area contributed by atoms with E-state index >= 15 is 0 Å². The number of allylic oxidation sites excluding steroid dienone is 3. The van der Waals surface area contributed by atoms with Crippen molar-refractivity contribution in [1.82, 2.24) is 5.32 Å². The summed E-state index contributed by atoms with van der Waals surface area (Å²) in [4.78, 5) is 12.3. The number of esters is 1. The number of unbranched alkanes of at least 4 members (excludes halogenated alkanes) is 2. The van der Waals surface area contributed by atoms with Gasteiger partial charge in [-0.3, -0.25) is 0 Å². The van der Waals surface area contributed by atoms with Crippen molar-refractivity contribution in [3.8, 4) is 0 Å². The molecule has 1 saturated carbocycles. The molecule has 1 aliphatic heterocycles. The smallest absolute Gasteiger partial charge is 0.331 e. The van der Waals surface area contributed by atoms with Crippen LogP contribution in [0, 0.1) is 11.8 Å². The first-order valence-corrected chi connectivity index (χ1v) is 12.5. The van der Waals surface area contributed by atoms with E-state index in [9.17, 15) is 9.90 Å². The van der Waals surface area contributed by atoms with Gasteiger partial charge in [0.2, 0.25) is 0 Å². The Hall–Kier alpha value is -1.13. The molecule has 2 rings (SSSR count). The minimum Gasteiger partial charge on any atom is -0.458 e. The maximum absolute atomic E-state index is 12.3. The SMILES string of the molecule is CCC/C=C/C=C\C(=O)O[C@@H]1C[C@H]2[C@@H](CCCC[C@H](O)CCC)CCC[C@H]2N[C@@H]1C. The third-order valence-electron chi connectivity index (χ3n) is 6.94. The average molecular weight is 420 g/mol. The largest absolute Gasteiger partial charge is 0.458 e. The Bertz CT molecular complexity index is 544. The number of carbonyl (C=O) groups excluding carboxylic acids is 1. The van der Waals surface area contributed by atoms with Gasteiger partial charge in [-0.25, -0.2) is 4.79 Å². The van der Waals surface area contributed by atoms with E-state index in [4.69, 9.17) is 4.74 Å². The van der Waals surface area contributed by atoms with Gasteiger partial charge in [0.1, 0.15) is 6.10 Å². The Morgan fingerprint density at radius 1 is 1.17 bits per heavy atom. The molecule has 0 radical (unpaired) electrons. The molecule has 172 valence electrons. The van der Waals surface area contributed by atoms with Crippen molar-refractivity contribution in [2.75, 3.05) is 0 Å². The normalized spacial score (nSPS) is 30.5. The number of fused-ring (bicyclic) bond motifs is 1. The van der Waals surface area contributed by atoms with Crippen LogP contribution in [0.1, 0.15) is 97.8 Å². The molecule has 0 unspecified atom stereocenters. The maximum atomic E-state index is 12.3. The highest BCUT2D eigenvalue weighted by Crippen LogP contribution is 2.40. The van der Waals surface area contributed by atoms with Gasteiger partial charge in [-0.1, -0.05) is 77.0 Å². The number of piperidine rings is 1. The molecule has 2 fully saturated rings. The first-order chi connectivity index (χ1) is 14.5. The molecule has 2 N–H and O–H groups in total. The zero-order valence-electron chi connectivity index (χ0n) is 19.5. The molecule has 30 heavy (non-hydrogen) atoms. The minimum atomic E-state index is -0.231. The highest BCUT2D eigenvalue weighted by Gasteiger charge is 2.41. The lowest BCUT2D eigenvalue weighted by atomic mass is 9.68. The Kier molecular flexibility index (Phi) is 11.8. The Morgan fingerprint density at radius 2 is 2.00 bits per heavy atom. The summed E-state index contributed by atoms with van der Waals surface area (Å²) < 4.78 is 5.84. The second kappa shape index (κ2) is 14.0. The van der Waals surface area contributed by atoms with Crippen LogP contribution < -0.4 is 5.32 Å². The van der Waals surface area contributed by atoms with Crippen LogP contribution in [0.4, 0.5) is 0 Å². The molecule has 0 aromatic heterocycles. The summed E-state index contributed by atoms with van der Waals surface area (Å²) in [6.45, 7) is 6.42. The average Bonchev–Trinajstić information content (AvgIpc) is 2.72. The third kappa shape index (κ3) is 8.55. The van der Waals surface area contributed by atoms with Gasteiger partial charge < -0.3 is 15.2 Å². The predicted molar refractivity (Wildman–Crippen MR) is 124 cm³/mol. The van der Waals surface area contributed by atoms with E-state index in [0.29, 0.717) is 17.9 Å². The molecule has 4 heteroatoms. The number of nitrogens with one attached hydrogen (secondary N) is 1. The molecule has 0 aromatic carbocycles. The summed E-state index contributed by atoms with van der Waals surface area (Å²) in [7, 11) is 0.